The third-order valence-electron chi connectivity index (χ3n) is 1.47. The van der Waals surface area contributed by atoms with Crippen LogP contribution in [0.25, 0.3) is 0 Å². The molecule has 0 spiro atoms. The van der Waals surface area contributed by atoms with Crippen LogP contribution in [0.1, 0.15) is 24.5 Å². The van der Waals surface area contributed by atoms with Gasteiger partial charge in [-0.25, -0.2) is 4.98 Å². The van der Waals surface area contributed by atoms with Crippen LogP contribution in [0.4, 0.5) is 0 Å². The Balaban J connectivity index is 2.91. The Hall–Kier alpha value is -1.38. The van der Waals surface area contributed by atoms with Crippen LogP contribution in [0.2, 0.25) is 0 Å². The van der Waals surface area contributed by atoms with Crippen molar-refractivity contribution in [1.29, 1.82) is 0 Å². The molecule has 3 heteroatoms. The normalized spacial score (nSPS) is 9.83. The number of rotatable bonds is 3. The molecule has 1 rings (SSSR count). The second-order valence-corrected chi connectivity index (χ2v) is 2.89. The van der Waals surface area contributed by atoms with Crippen molar-refractivity contribution < 1.29 is 4.79 Å². The number of nitrogens with zero attached hydrogens (tertiary/aromatic N) is 2. The summed E-state index contributed by atoms with van der Waals surface area (Å²) < 4.78 is 1.80. The van der Waals surface area contributed by atoms with Crippen molar-refractivity contribution >= 4 is 5.78 Å². The summed E-state index contributed by atoms with van der Waals surface area (Å²) in [5, 5.41) is 0. The number of aromatic nitrogens is 2. The van der Waals surface area contributed by atoms with Gasteiger partial charge in [0.1, 0.15) is 0 Å². The third kappa shape index (κ3) is 1.81. The van der Waals surface area contributed by atoms with Crippen molar-refractivity contribution in [3.63, 3.8) is 0 Å². The summed E-state index contributed by atoms with van der Waals surface area (Å²) >= 11 is 0. The third-order valence-corrected chi connectivity index (χ3v) is 1.47. The van der Waals surface area contributed by atoms with E-state index in [9.17, 15) is 4.79 Å². The van der Waals surface area contributed by atoms with E-state index in [-0.39, 0.29) is 5.78 Å². The van der Waals surface area contributed by atoms with E-state index < -0.39 is 0 Å². The lowest BCUT2D eigenvalue weighted by molar-refractivity contribution is 0.1000. The Morgan fingerprint density at radius 3 is 2.83 bits per heavy atom. The van der Waals surface area contributed by atoms with Gasteiger partial charge in [0.2, 0.25) is 0 Å². The maximum atomic E-state index is 11.0. The van der Waals surface area contributed by atoms with E-state index in [0.717, 1.165) is 5.57 Å². The minimum atomic E-state index is -0.0127. The molecule has 0 N–H and O–H groups in total. The molecule has 1 aromatic rings. The molecule has 1 aromatic heterocycles. The van der Waals surface area contributed by atoms with Crippen LogP contribution in [0.5, 0.6) is 0 Å². The second-order valence-electron chi connectivity index (χ2n) is 2.89. The van der Waals surface area contributed by atoms with Gasteiger partial charge in [0.05, 0.1) is 0 Å². The van der Waals surface area contributed by atoms with Gasteiger partial charge < -0.3 is 4.57 Å². The smallest absolute Gasteiger partial charge is 0.195 e. The van der Waals surface area contributed by atoms with Crippen molar-refractivity contribution in [2.24, 2.45) is 0 Å². The van der Waals surface area contributed by atoms with Gasteiger partial charge in [0.25, 0.3) is 0 Å². The standard InChI is InChI=1S/C9H12N2O/c1-7(2)6-11-5-4-10-9(11)8(3)12/h4-5H,1,6H2,2-3H3. The summed E-state index contributed by atoms with van der Waals surface area (Å²) in [7, 11) is 0. The lowest BCUT2D eigenvalue weighted by Crippen LogP contribution is -2.07. The molecule has 0 aliphatic carbocycles. The van der Waals surface area contributed by atoms with Gasteiger partial charge >= 0.3 is 0 Å². The molecule has 0 atom stereocenters. The van der Waals surface area contributed by atoms with Gasteiger partial charge in [0, 0.05) is 25.9 Å². The van der Waals surface area contributed by atoms with E-state index in [1.807, 2.05) is 6.92 Å². The largest absolute Gasteiger partial charge is 0.324 e. The first-order valence-electron chi connectivity index (χ1n) is 3.77. The summed E-state index contributed by atoms with van der Waals surface area (Å²) in [5.41, 5.74) is 1.01. The number of carbonyl (C=O) groups excluding carboxylic acids is 1. The zero-order valence-electron chi connectivity index (χ0n) is 7.37. The first kappa shape index (κ1) is 8.71. The predicted octanol–water partition coefficient (Wildman–Crippen LogP) is 1.66. The van der Waals surface area contributed by atoms with E-state index in [0.29, 0.717) is 12.4 Å². The van der Waals surface area contributed by atoms with Crippen LogP contribution in [0.3, 0.4) is 0 Å². The molecule has 0 aliphatic rings. The van der Waals surface area contributed by atoms with E-state index in [4.69, 9.17) is 0 Å². The Kier molecular flexibility index (Phi) is 2.43. The zero-order valence-corrected chi connectivity index (χ0v) is 7.37. The highest BCUT2D eigenvalue weighted by molar-refractivity contribution is 5.90. The molecule has 0 saturated heterocycles. The summed E-state index contributed by atoms with van der Waals surface area (Å²) in [4.78, 5) is 14.9. The second kappa shape index (κ2) is 3.34. The quantitative estimate of drug-likeness (QED) is 0.503. The Labute approximate surface area is 71.7 Å². The molecule has 12 heavy (non-hydrogen) atoms. The Morgan fingerprint density at radius 2 is 2.33 bits per heavy atom. The van der Waals surface area contributed by atoms with E-state index >= 15 is 0 Å². The molecule has 3 nitrogen and oxygen atoms in total. The summed E-state index contributed by atoms with van der Waals surface area (Å²) in [6.07, 6.45) is 3.41. The molecule has 0 radical (unpaired) electrons. The fourth-order valence-electron chi connectivity index (χ4n) is 1.04. The van der Waals surface area contributed by atoms with Gasteiger partial charge in [-0.1, -0.05) is 12.2 Å². The van der Waals surface area contributed by atoms with Crippen LogP contribution in [0, 0.1) is 0 Å². The molecule has 1 heterocycles. The lowest BCUT2D eigenvalue weighted by atomic mass is 10.3. The topological polar surface area (TPSA) is 34.9 Å². The molecule has 0 saturated carbocycles. The number of carbonyl (C=O) groups is 1. The number of ketones is 1. The van der Waals surface area contributed by atoms with Crippen LogP contribution < -0.4 is 0 Å². The van der Waals surface area contributed by atoms with Crippen LogP contribution >= 0.6 is 0 Å². The average Bonchev–Trinajstić information content (AvgIpc) is 2.33. The number of hydrogen-bond donors (Lipinski definition) is 0. The molecule has 0 aliphatic heterocycles. The molecule has 0 unspecified atom stereocenters. The minimum absolute atomic E-state index is 0.0127. The first-order valence-corrected chi connectivity index (χ1v) is 3.77. The highest BCUT2D eigenvalue weighted by Crippen LogP contribution is 2.02. The van der Waals surface area contributed by atoms with Gasteiger partial charge in [-0.15, -0.1) is 0 Å². The minimum Gasteiger partial charge on any atom is -0.324 e. The van der Waals surface area contributed by atoms with E-state index in [1.54, 1.807) is 17.0 Å². The number of allylic oxidation sites excluding steroid dienone is 1. The molecule has 0 aromatic carbocycles. The SMILES string of the molecule is C=C(C)Cn1ccnc1C(C)=O. The average molecular weight is 164 g/mol. The highest BCUT2D eigenvalue weighted by atomic mass is 16.1. The van der Waals surface area contributed by atoms with Crippen molar-refractivity contribution in [3.8, 4) is 0 Å². The number of imidazole rings is 1. The molecule has 0 bridgehead atoms. The van der Waals surface area contributed by atoms with Crippen LogP contribution in [-0.4, -0.2) is 15.3 Å². The first-order chi connectivity index (χ1) is 5.61. The van der Waals surface area contributed by atoms with Crippen LogP contribution in [-0.2, 0) is 6.54 Å². The van der Waals surface area contributed by atoms with Gasteiger partial charge in [-0.05, 0) is 6.92 Å². The molecule has 0 amide bonds. The van der Waals surface area contributed by atoms with Crippen molar-refractivity contribution in [2.45, 2.75) is 20.4 Å². The fourth-order valence-corrected chi connectivity index (χ4v) is 1.04. The fraction of sp³-hybridized carbons (Fsp3) is 0.333. The lowest BCUT2D eigenvalue weighted by Gasteiger charge is -2.03. The number of hydrogen-bond acceptors (Lipinski definition) is 2. The molecule has 64 valence electrons. The summed E-state index contributed by atoms with van der Waals surface area (Å²) in [6.45, 7) is 7.86. The predicted molar refractivity (Wildman–Crippen MR) is 47.0 cm³/mol. The molecular formula is C9H12N2O. The number of Topliss-reactive ketones (excluding diaryl/α,β-unsaturated/α-hetero) is 1. The van der Waals surface area contributed by atoms with Crippen molar-refractivity contribution in [2.75, 3.05) is 0 Å². The van der Waals surface area contributed by atoms with Crippen molar-refractivity contribution in [3.05, 3.63) is 30.4 Å². The maximum Gasteiger partial charge on any atom is 0.195 e. The zero-order chi connectivity index (χ0) is 9.14. The van der Waals surface area contributed by atoms with Gasteiger partial charge in [0.15, 0.2) is 11.6 Å². The van der Waals surface area contributed by atoms with Gasteiger partial charge in [-0.3, -0.25) is 4.79 Å². The van der Waals surface area contributed by atoms with E-state index in [1.165, 1.54) is 6.92 Å². The summed E-state index contributed by atoms with van der Waals surface area (Å²) in [5.74, 6) is 0.485. The Morgan fingerprint density at radius 1 is 1.67 bits per heavy atom. The van der Waals surface area contributed by atoms with Crippen molar-refractivity contribution in [1.82, 2.24) is 9.55 Å². The molecular weight excluding hydrogens is 152 g/mol. The van der Waals surface area contributed by atoms with Crippen LogP contribution in [0.15, 0.2) is 24.5 Å². The highest BCUT2D eigenvalue weighted by Gasteiger charge is 2.06. The van der Waals surface area contributed by atoms with E-state index in [2.05, 4.69) is 11.6 Å². The Bertz CT molecular complexity index is 312. The maximum absolute atomic E-state index is 11.0. The molecule has 0 fully saturated rings. The summed E-state index contributed by atoms with van der Waals surface area (Å²) in [6, 6.07) is 0. The van der Waals surface area contributed by atoms with Gasteiger partial charge in [-0.2, -0.15) is 0 Å². The monoisotopic (exact) mass is 164 g/mol.